The molecule has 1 amide bonds. The number of carbonyl (C=O) groups is 1. The van der Waals surface area contributed by atoms with Crippen molar-refractivity contribution in [3.05, 3.63) is 84.6 Å². The fraction of sp³-hybridized carbons (Fsp3) is 0.120. The summed E-state index contributed by atoms with van der Waals surface area (Å²) in [6, 6.07) is 22.2. The van der Waals surface area contributed by atoms with Crippen LogP contribution in [0, 0.1) is 0 Å². The fourth-order valence-electron chi connectivity index (χ4n) is 3.32. The zero-order valence-electron chi connectivity index (χ0n) is 18.0. The van der Waals surface area contributed by atoms with Crippen molar-refractivity contribution in [2.45, 2.75) is 0 Å². The molecule has 0 saturated heterocycles. The Balaban J connectivity index is 1.76. The van der Waals surface area contributed by atoms with Crippen LogP contribution in [0.5, 0.6) is 17.2 Å². The highest BCUT2D eigenvalue weighted by Crippen LogP contribution is 2.33. The molecular formula is C25H23N3O4. The Kier molecular flexibility index (Phi) is 6.07. The lowest BCUT2D eigenvalue weighted by atomic mass is 10.1. The molecule has 0 unspecified atom stereocenters. The number of ether oxygens (including phenoxy) is 3. The molecule has 32 heavy (non-hydrogen) atoms. The molecule has 1 heterocycles. The van der Waals surface area contributed by atoms with Crippen molar-refractivity contribution in [2.24, 2.45) is 0 Å². The standard InChI is InChI=1S/C25H23N3O4/c1-30-20-12-10-18(11-13-20)26-25(29)21-16-28(19-7-5-4-6-8-19)27-24(21)17-9-14-22(31-2)23(15-17)32-3/h4-16H,1-3H3,(H,26,29). The van der Waals surface area contributed by atoms with Gasteiger partial charge in [0.15, 0.2) is 11.5 Å². The van der Waals surface area contributed by atoms with E-state index in [2.05, 4.69) is 5.32 Å². The number of amides is 1. The van der Waals surface area contributed by atoms with Crippen molar-refractivity contribution in [2.75, 3.05) is 26.6 Å². The van der Waals surface area contributed by atoms with Crippen LogP contribution < -0.4 is 19.5 Å². The molecule has 0 spiro atoms. The minimum atomic E-state index is -0.276. The van der Waals surface area contributed by atoms with Crippen LogP contribution in [0.25, 0.3) is 16.9 Å². The van der Waals surface area contributed by atoms with Crippen LogP contribution in [0.3, 0.4) is 0 Å². The van der Waals surface area contributed by atoms with Gasteiger partial charge in [-0.25, -0.2) is 4.68 Å². The van der Waals surface area contributed by atoms with Gasteiger partial charge in [-0.2, -0.15) is 5.10 Å². The SMILES string of the molecule is COc1ccc(NC(=O)c2cn(-c3ccccc3)nc2-c2ccc(OC)c(OC)c2)cc1. The Labute approximate surface area is 186 Å². The Morgan fingerprint density at radius 2 is 1.56 bits per heavy atom. The smallest absolute Gasteiger partial charge is 0.259 e. The largest absolute Gasteiger partial charge is 0.497 e. The van der Waals surface area contributed by atoms with Gasteiger partial charge in [0.2, 0.25) is 0 Å². The van der Waals surface area contributed by atoms with E-state index in [1.165, 1.54) is 0 Å². The van der Waals surface area contributed by atoms with Crippen LogP contribution in [0.1, 0.15) is 10.4 Å². The quantitative estimate of drug-likeness (QED) is 0.456. The van der Waals surface area contributed by atoms with E-state index < -0.39 is 0 Å². The molecule has 7 heteroatoms. The van der Waals surface area contributed by atoms with E-state index in [9.17, 15) is 4.79 Å². The van der Waals surface area contributed by atoms with Gasteiger partial charge in [0, 0.05) is 17.4 Å². The highest BCUT2D eigenvalue weighted by Gasteiger charge is 2.20. The van der Waals surface area contributed by atoms with Crippen LogP contribution in [-0.2, 0) is 0 Å². The second-order valence-corrected chi connectivity index (χ2v) is 6.92. The van der Waals surface area contributed by atoms with Crippen molar-refractivity contribution < 1.29 is 19.0 Å². The number of aromatic nitrogens is 2. The summed E-state index contributed by atoms with van der Waals surface area (Å²) in [6.07, 6.45) is 1.72. The number of nitrogens with one attached hydrogen (secondary N) is 1. The van der Waals surface area contributed by atoms with Crippen LogP contribution >= 0.6 is 0 Å². The van der Waals surface area contributed by atoms with Gasteiger partial charge in [-0.15, -0.1) is 0 Å². The van der Waals surface area contributed by atoms with E-state index in [-0.39, 0.29) is 5.91 Å². The molecule has 0 aliphatic rings. The number of hydrogen-bond donors (Lipinski definition) is 1. The maximum absolute atomic E-state index is 13.2. The van der Waals surface area contributed by atoms with Crippen molar-refractivity contribution in [1.82, 2.24) is 9.78 Å². The monoisotopic (exact) mass is 429 g/mol. The van der Waals surface area contributed by atoms with Gasteiger partial charge in [0.05, 0.1) is 32.6 Å². The first-order valence-electron chi connectivity index (χ1n) is 9.96. The molecule has 0 saturated carbocycles. The molecule has 4 rings (SSSR count). The van der Waals surface area contributed by atoms with E-state index in [0.717, 1.165) is 11.3 Å². The molecule has 162 valence electrons. The average Bonchev–Trinajstić information content (AvgIpc) is 3.30. The predicted octanol–water partition coefficient (Wildman–Crippen LogP) is 4.82. The van der Waals surface area contributed by atoms with E-state index in [4.69, 9.17) is 19.3 Å². The maximum atomic E-state index is 13.2. The Bertz CT molecular complexity index is 1220. The zero-order chi connectivity index (χ0) is 22.5. The Hall–Kier alpha value is -4.26. The molecule has 0 bridgehead atoms. The first-order chi connectivity index (χ1) is 15.6. The number of nitrogens with zero attached hydrogens (tertiary/aromatic N) is 2. The van der Waals surface area contributed by atoms with Crippen LogP contribution in [0.15, 0.2) is 79.0 Å². The molecule has 0 aliphatic carbocycles. The summed E-state index contributed by atoms with van der Waals surface area (Å²) in [5.41, 5.74) is 3.19. The van der Waals surface area contributed by atoms with Gasteiger partial charge < -0.3 is 19.5 Å². The van der Waals surface area contributed by atoms with Crippen molar-refractivity contribution in [3.63, 3.8) is 0 Å². The van der Waals surface area contributed by atoms with E-state index >= 15 is 0 Å². The van der Waals surface area contributed by atoms with Gasteiger partial charge in [-0.3, -0.25) is 4.79 Å². The predicted molar refractivity (Wildman–Crippen MR) is 123 cm³/mol. The summed E-state index contributed by atoms with van der Waals surface area (Å²) in [6.45, 7) is 0. The third kappa shape index (κ3) is 4.27. The van der Waals surface area contributed by atoms with E-state index in [0.29, 0.717) is 34.2 Å². The molecule has 3 aromatic carbocycles. The van der Waals surface area contributed by atoms with E-state index in [1.54, 1.807) is 68.6 Å². The highest BCUT2D eigenvalue weighted by atomic mass is 16.5. The first kappa shape index (κ1) is 21.0. The summed E-state index contributed by atoms with van der Waals surface area (Å²) in [4.78, 5) is 13.2. The summed E-state index contributed by atoms with van der Waals surface area (Å²) in [5.74, 6) is 1.59. The van der Waals surface area contributed by atoms with Gasteiger partial charge in [-0.05, 0) is 54.6 Å². The Morgan fingerprint density at radius 1 is 0.844 bits per heavy atom. The lowest BCUT2D eigenvalue weighted by molar-refractivity contribution is 0.102. The molecule has 0 atom stereocenters. The molecule has 1 aromatic heterocycles. The van der Waals surface area contributed by atoms with Gasteiger partial charge >= 0.3 is 0 Å². The molecule has 1 N–H and O–H groups in total. The maximum Gasteiger partial charge on any atom is 0.259 e. The minimum Gasteiger partial charge on any atom is -0.497 e. The third-order valence-corrected chi connectivity index (χ3v) is 4.98. The lowest BCUT2D eigenvalue weighted by Gasteiger charge is -2.10. The van der Waals surface area contributed by atoms with Crippen molar-refractivity contribution >= 4 is 11.6 Å². The molecule has 4 aromatic rings. The van der Waals surface area contributed by atoms with Crippen molar-refractivity contribution in [3.8, 4) is 34.2 Å². The number of hydrogen-bond acceptors (Lipinski definition) is 5. The number of anilines is 1. The normalized spacial score (nSPS) is 10.5. The number of para-hydroxylation sites is 1. The third-order valence-electron chi connectivity index (χ3n) is 4.98. The molecule has 0 radical (unpaired) electrons. The number of methoxy groups -OCH3 is 3. The van der Waals surface area contributed by atoms with Crippen LogP contribution in [0.4, 0.5) is 5.69 Å². The second-order valence-electron chi connectivity index (χ2n) is 6.92. The van der Waals surface area contributed by atoms with Gasteiger partial charge in [0.1, 0.15) is 11.4 Å². The van der Waals surface area contributed by atoms with E-state index in [1.807, 2.05) is 36.4 Å². The second kappa shape index (κ2) is 9.26. The molecule has 0 fully saturated rings. The van der Waals surface area contributed by atoms with Crippen LogP contribution in [0.2, 0.25) is 0 Å². The lowest BCUT2D eigenvalue weighted by Crippen LogP contribution is -2.12. The van der Waals surface area contributed by atoms with Crippen LogP contribution in [-0.4, -0.2) is 37.0 Å². The molecular weight excluding hydrogens is 406 g/mol. The van der Waals surface area contributed by atoms with Crippen molar-refractivity contribution in [1.29, 1.82) is 0 Å². The van der Waals surface area contributed by atoms with Gasteiger partial charge in [-0.1, -0.05) is 18.2 Å². The zero-order valence-corrected chi connectivity index (χ0v) is 18.0. The summed E-state index contributed by atoms with van der Waals surface area (Å²) >= 11 is 0. The minimum absolute atomic E-state index is 0.276. The number of benzene rings is 3. The summed E-state index contributed by atoms with van der Waals surface area (Å²) in [7, 11) is 4.75. The summed E-state index contributed by atoms with van der Waals surface area (Å²) < 4.78 is 17.6. The number of carbonyl (C=O) groups excluding carboxylic acids is 1. The Morgan fingerprint density at radius 3 is 2.22 bits per heavy atom. The first-order valence-corrected chi connectivity index (χ1v) is 9.96. The topological polar surface area (TPSA) is 74.6 Å². The average molecular weight is 429 g/mol. The number of rotatable bonds is 7. The van der Waals surface area contributed by atoms with Gasteiger partial charge in [0.25, 0.3) is 5.91 Å². The molecule has 7 nitrogen and oxygen atoms in total. The fourth-order valence-corrected chi connectivity index (χ4v) is 3.32. The summed E-state index contributed by atoms with van der Waals surface area (Å²) in [5, 5.41) is 7.64. The molecule has 0 aliphatic heterocycles. The highest BCUT2D eigenvalue weighted by molar-refractivity contribution is 6.08.